The van der Waals surface area contributed by atoms with Crippen LogP contribution in [0.2, 0.25) is 5.02 Å². The fraction of sp³-hybridized carbons (Fsp3) is 0.0667. The number of aromatic nitrogens is 4. The quantitative estimate of drug-likeness (QED) is 0.771. The van der Waals surface area contributed by atoms with Crippen molar-refractivity contribution >= 4 is 23.3 Å². The molecule has 0 aliphatic carbocycles. The first kappa shape index (κ1) is 15.0. The Morgan fingerprint density at radius 3 is 2.61 bits per heavy atom. The Balaban J connectivity index is 1.64. The van der Waals surface area contributed by atoms with Crippen molar-refractivity contribution in [1.29, 1.82) is 0 Å². The Morgan fingerprint density at radius 1 is 1.09 bits per heavy atom. The largest absolute Gasteiger partial charge is 0.330 e. The molecule has 0 aliphatic heterocycles. The van der Waals surface area contributed by atoms with Crippen molar-refractivity contribution in [3.05, 3.63) is 65.4 Å². The molecule has 0 spiro atoms. The number of carbonyl (C=O) groups is 1. The Bertz CT molecular complexity index is 804. The summed E-state index contributed by atoms with van der Waals surface area (Å²) in [6.07, 6.45) is 0. The minimum atomic E-state index is -0.388. The van der Waals surface area contributed by atoms with Crippen LogP contribution in [0.4, 0.5) is 10.5 Å². The van der Waals surface area contributed by atoms with Crippen molar-refractivity contribution in [2.24, 2.45) is 0 Å². The number of anilines is 1. The van der Waals surface area contributed by atoms with Gasteiger partial charge in [0, 0.05) is 0 Å². The standard InChI is InChI=1S/C15H13ClN6O/c16-12-8-4-5-9-13(12)18-15(23)17-10-14-19-20-21-22(14)11-6-2-1-3-7-11/h1-9H,10H2,(H2,17,18,23). The smallest absolute Gasteiger partial charge is 0.319 e. The van der Waals surface area contributed by atoms with E-state index in [1.165, 1.54) is 0 Å². The second-order valence-corrected chi connectivity index (χ2v) is 5.04. The number of benzene rings is 2. The first-order valence-electron chi connectivity index (χ1n) is 6.86. The lowest BCUT2D eigenvalue weighted by Crippen LogP contribution is -2.29. The van der Waals surface area contributed by atoms with E-state index < -0.39 is 0 Å². The Labute approximate surface area is 137 Å². The molecule has 0 bridgehead atoms. The number of halogens is 1. The summed E-state index contributed by atoms with van der Waals surface area (Å²) in [7, 11) is 0. The Morgan fingerprint density at radius 2 is 1.83 bits per heavy atom. The highest BCUT2D eigenvalue weighted by Crippen LogP contribution is 2.20. The van der Waals surface area contributed by atoms with Crippen LogP contribution in [-0.2, 0) is 6.54 Å². The molecule has 0 saturated carbocycles. The Hall–Kier alpha value is -2.93. The van der Waals surface area contributed by atoms with Gasteiger partial charge in [0.25, 0.3) is 0 Å². The van der Waals surface area contributed by atoms with E-state index in [-0.39, 0.29) is 12.6 Å². The summed E-state index contributed by atoms with van der Waals surface area (Å²) in [6.45, 7) is 0.179. The molecule has 2 N–H and O–H groups in total. The van der Waals surface area contributed by atoms with Crippen LogP contribution < -0.4 is 10.6 Å². The summed E-state index contributed by atoms with van der Waals surface area (Å²) < 4.78 is 1.57. The maximum Gasteiger partial charge on any atom is 0.319 e. The molecule has 8 heteroatoms. The minimum absolute atomic E-state index is 0.179. The molecule has 0 aliphatic rings. The van der Waals surface area contributed by atoms with Crippen LogP contribution in [-0.4, -0.2) is 26.2 Å². The van der Waals surface area contributed by atoms with Crippen LogP contribution in [0.1, 0.15) is 5.82 Å². The van der Waals surface area contributed by atoms with Crippen molar-refractivity contribution < 1.29 is 4.79 Å². The molecule has 3 rings (SSSR count). The number of tetrazole rings is 1. The van der Waals surface area contributed by atoms with Crippen LogP contribution in [0.25, 0.3) is 5.69 Å². The number of hydrogen-bond acceptors (Lipinski definition) is 4. The van der Waals surface area contributed by atoms with E-state index in [1.54, 1.807) is 28.9 Å². The maximum absolute atomic E-state index is 11.9. The first-order valence-corrected chi connectivity index (χ1v) is 7.24. The number of amides is 2. The highest BCUT2D eigenvalue weighted by atomic mass is 35.5. The normalized spacial score (nSPS) is 10.3. The third kappa shape index (κ3) is 3.64. The molecule has 0 fully saturated rings. The highest BCUT2D eigenvalue weighted by molar-refractivity contribution is 6.33. The van der Waals surface area contributed by atoms with Gasteiger partial charge in [0.15, 0.2) is 5.82 Å². The van der Waals surface area contributed by atoms with Gasteiger partial charge in [-0.1, -0.05) is 41.9 Å². The van der Waals surface area contributed by atoms with Gasteiger partial charge in [-0.25, -0.2) is 4.79 Å². The van der Waals surface area contributed by atoms with Crippen LogP contribution in [0.15, 0.2) is 54.6 Å². The van der Waals surface area contributed by atoms with Gasteiger partial charge in [0.05, 0.1) is 22.9 Å². The molecule has 1 aromatic heterocycles. The molecule has 7 nitrogen and oxygen atoms in total. The third-order valence-corrected chi connectivity index (χ3v) is 3.39. The molecule has 116 valence electrons. The average molecular weight is 329 g/mol. The lowest BCUT2D eigenvalue weighted by atomic mass is 10.3. The second kappa shape index (κ2) is 6.89. The number of nitrogens with one attached hydrogen (secondary N) is 2. The van der Waals surface area contributed by atoms with Crippen molar-refractivity contribution in [3.8, 4) is 5.69 Å². The Kier molecular flexibility index (Phi) is 4.49. The van der Waals surface area contributed by atoms with Gasteiger partial charge >= 0.3 is 6.03 Å². The summed E-state index contributed by atoms with van der Waals surface area (Å²) in [4.78, 5) is 11.9. The van der Waals surface area contributed by atoms with Crippen molar-refractivity contribution in [3.63, 3.8) is 0 Å². The number of urea groups is 1. The van der Waals surface area contributed by atoms with E-state index in [0.29, 0.717) is 16.5 Å². The predicted molar refractivity (Wildman–Crippen MR) is 86.5 cm³/mol. The van der Waals surface area contributed by atoms with E-state index in [0.717, 1.165) is 5.69 Å². The SMILES string of the molecule is O=C(NCc1nnnn1-c1ccccc1)Nc1ccccc1Cl. The fourth-order valence-corrected chi connectivity index (χ4v) is 2.16. The average Bonchev–Trinajstić information content (AvgIpc) is 3.04. The molecule has 3 aromatic rings. The number of carbonyl (C=O) groups excluding carboxylic acids is 1. The van der Waals surface area contributed by atoms with E-state index >= 15 is 0 Å². The maximum atomic E-state index is 11.9. The molecule has 2 amide bonds. The first-order chi connectivity index (χ1) is 11.2. The molecule has 23 heavy (non-hydrogen) atoms. The van der Waals surface area contributed by atoms with E-state index in [4.69, 9.17) is 11.6 Å². The zero-order valence-corrected chi connectivity index (χ0v) is 12.7. The lowest BCUT2D eigenvalue weighted by molar-refractivity contribution is 0.251. The number of rotatable bonds is 4. The number of hydrogen-bond donors (Lipinski definition) is 2. The predicted octanol–water partition coefficient (Wildman–Crippen LogP) is 2.64. The van der Waals surface area contributed by atoms with Gasteiger partial charge in [-0.3, -0.25) is 0 Å². The van der Waals surface area contributed by atoms with Crippen molar-refractivity contribution in [1.82, 2.24) is 25.5 Å². The highest BCUT2D eigenvalue weighted by Gasteiger charge is 2.10. The van der Waals surface area contributed by atoms with Crippen LogP contribution in [0.5, 0.6) is 0 Å². The number of para-hydroxylation sites is 2. The van der Waals surface area contributed by atoms with Crippen LogP contribution >= 0.6 is 11.6 Å². The van der Waals surface area contributed by atoms with Gasteiger partial charge < -0.3 is 10.6 Å². The second-order valence-electron chi connectivity index (χ2n) is 4.63. The van der Waals surface area contributed by atoms with Crippen LogP contribution in [0, 0.1) is 0 Å². The summed E-state index contributed by atoms with van der Waals surface area (Å²) in [5, 5.41) is 17.3. The molecule has 0 saturated heterocycles. The van der Waals surface area contributed by atoms with E-state index in [2.05, 4.69) is 26.2 Å². The molecular formula is C15H13ClN6O. The van der Waals surface area contributed by atoms with Gasteiger partial charge in [0.1, 0.15) is 0 Å². The molecule has 2 aromatic carbocycles. The topological polar surface area (TPSA) is 84.7 Å². The van der Waals surface area contributed by atoms with E-state index in [9.17, 15) is 4.79 Å². The van der Waals surface area contributed by atoms with Gasteiger partial charge in [-0.15, -0.1) is 5.10 Å². The van der Waals surface area contributed by atoms with Gasteiger partial charge in [-0.05, 0) is 34.7 Å². The third-order valence-electron chi connectivity index (χ3n) is 3.06. The summed E-state index contributed by atoms with van der Waals surface area (Å²) in [5.74, 6) is 0.519. The van der Waals surface area contributed by atoms with E-state index in [1.807, 2.05) is 30.3 Å². The number of nitrogens with zero attached hydrogens (tertiary/aromatic N) is 4. The molecule has 0 radical (unpaired) electrons. The lowest BCUT2D eigenvalue weighted by Gasteiger charge is -2.09. The van der Waals surface area contributed by atoms with Gasteiger partial charge in [0.2, 0.25) is 0 Å². The fourth-order valence-electron chi connectivity index (χ4n) is 1.97. The van der Waals surface area contributed by atoms with Crippen molar-refractivity contribution in [2.75, 3.05) is 5.32 Å². The van der Waals surface area contributed by atoms with Crippen molar-refractivity contribution in [2.45, 2.75) is 6.54 Å². The monoisotopic (exact) mass is 328 g/mol. The molecule has 1 heterocycles. The summed E-state index contributed by atoms with van der Waals surface area (Å²) in [6, 6.07) is 16.0. The minimum Gasteiger partial charge on any atom is -0.330 e. The zero-order chi connectivity index (χ0) is 16.1. The van der Waals surface area contributed by atoms with Crippen LogP contribution in [0.3, 0.4) is 0 Å². The molecule has 0 atom stereocenters. The molecule has 0 unspecified atom stereocenters. The van der Waals surface area contributed by atoms with Gasteiger partial charge in [-0.2, -0.15) is 4.68 Å². The summed E-state index contributed by atoms with van der Waals surface area (Å²) in [5.41, 5.74) is 1.36. The zero-order valence-electron chi connectivity index (χ0n) is 12.0. The summed E-state index contributed by atoms with van der Waals surface area (Å²) >= 11 is 5.99. The molecular weight excluding hydrogens is 316 g/mol.